The van der Waals surface area contributed by atoms with Crippen LogP contribution in [0.3, 0.4) is 0 Å². The summed E-state index contributed by atoms with van der Waals surface area (Å²) in [6.07, 6.45) is 1.38. The van der Waals surface area contributed by atoms with Crippen LogP contribution in [0.1, 0.15) is 5.56 Å². The van der Waals surface area contributed by atoms with E-state index in [1.807, 2.05) is 0 Å². The van der Waals surface area contributed by atoms with E-state index >= 15 is 0 Å². The zero-order valence-corrected chi connectivity index (χ0v) is 11.6. The summed E-state index contributed by atoms with van der Waals surface area (Å²) in [6.45, 7) is 7.42. The molecule has 1 aromatic rings. The fourth-order valence-corrected chi connectivity index (χ4v) is 1.75. The van der Waals surface area contributed by atoms with E-state index in [2.05, 4.69) is 17.9 Å². The second-order valence-corrected chi connectivity index (χ2v) is 4.16. The number of hydrogen-bond donors (Lipinski definition) is 1. The van der Waals surface area contributed by atoms with Crippen LogP contribution in [0.15, 0.2) is 54.1 Å². The maximum absolute atomic E-state index is 12.9. The van der Waals surface area contributed by atoms with Crippen LogP contribution in [0.4, 0.5) is 4.39 Å². The molecular weight excluding hydrogens is 281 g/mol. The van der Waals surface area contributed by atoms with Gasteiger partial charge < -0.3 is 4.74 Å². The molecular formula is C15H13ClFNO2. The number of halogens is 2. The molecule has 0 radical (unpaired) electrons. The van der Waals surface area contributed by atoms with Crippen LogP contribution in [-0.2, 0) is 9.53 Å². The summed E-state index contributed by atoms with van der Waals surface area (Å²) in [5.74, 6) is -1.24. The molecule has 3 nitrogen and oxygen atoms in total. The van der Waals surface area contributed by atoms with E-state index in [9.17, 15) is 9.18 Å². The van der Waals surface area contributed by atoms with E-state index in [4.69, 9.17) is 17.0 Å². The largest absolute Gasteiger partial charge is 0.464 e. The highest BCUT2D eigenvalue weighted by molar-refractivity contribution is 6.58. The second-order valence-electron chi connectivity index (χ2n) is 3.78. The molecule has 0 unspecified atom stereocenters. The first-order chi connectivity index (χ1) is 9.42. The summed E-state index contributed by atoms with van der Waals surface area (Å²) in [6, 6.07) is 5.60. The number of ether oxygens (including phenoxy) is 1. The van der Waals surface area contributed by atoms with Crippen LogP contribution < -0.4 is 0 Å². The first-order valence-corrected chi connectivity index (χ1v) is 5.94. The van der Waals surface area contributed by atoms with Gasteiger partial charge in [0, 0.05) is 5.57 Å². The highest BCUT2D eigenvalue weighted by atomic mass is 35.5. The van der Waals surface area contributed by atoms with Gasteiger partial charge in [0.15, 0.2) is 5.71 Å². The normalized spacial score (nSPS) is 11.3. The zero-order chi connectivity index (χ0) is 15.3. The van der Waals surface area contributed by atoms with Crippen LogP contribution in [0.2, 0.25) is 0 Å². The van der Waals surface area contributed by atoms with Crippen molar-refractivity contribution in [3.63, 3.8) is 0 Å². The van der Waals surface area contributed by atoms with Crippen LogP contribution >= 0.6 is 11.6 Å². The Kier molecular flexibility index (Phi) is 5.41. The lowest BCUT2D eigenvalue weighted by atomic mass is 9.98. The lowest BCUT2D eigenvalue weighted by molar-refractivity contribution is -0.132. The number of rotatable bonds is 5. The summed E-state index contributed by atoms with van der Waals surface area (Å²) in [5.41, 5.74) is 0.858. The van der Waals surface area contributed by atoms with E-state index in [-0.39, 0.29) is 10.8 Å². The van der Waals surface area contributed by atoms with Gasteiger partial charge in [-0.15, -0.1) is 0 Å². The van der Waals surface area contributed by atoms with Crippen molar-refractivity contribution in [2.45, 2.75) is 0 Å². The van der Waals surface area contributed by atoms with Gasteiger partial charge in [-0.05, 0) is 23.3 Å². The van der Waals surface area contributed by atoms with E-state index < -0.39 is 11.7 Å². The van der Waals surface area contributed by atoms with Crippen LogP contribution in [-0.4, -0.2) is 18.8 Å². The quantitative estimate of drug-likeness (QED) is 0.511. The van der Waals surface area contributed by atoms with Crippen LogP contribution in [0.25, 0.3) is 5.57 Å². The molecule has 0 bridgehead atoms. The van der Waals surface area contributed by atoms with Gasteiger partial charge in [-0.1, -0.05) is 43.0 Å². The van der Waals surface area contributed by atoms with Crippen LogP contribution in [0, 0.1) is 11.2 Å². The van der Waals surface area contributed by atoms with Gasteiger partial charge in [0.05, 0.1) is 12.1 Å². The van der Waals surface area contributed by atoms with Crippen LogP contribution in [0.5, 0.6) is 0 Å². The fourth-order valence-electron chi connectivity index (χ4n) is 1.48. The highest BCUT2D eigenvalue weighted by Gasteiger charge is 2.18. The monoisotopic (exact) mass is 293 g/mol. The Morgan fingerprint density at radius 2 is 1.95 bits per heavy atom. The Labute approximate surface area is 121 Å². The molecule has 0 heterocycles. The molecule has 0 aromatic heterocycles. The average molecular weight is 294 g/mol. The van der Waals surface area contributed by atoms with Crippen molar-refractivity contribution >= 4 is 28.9 Å². The maximum Gasteiger partial charge on any atom is 0.357 e. The van der Waals surface area contributed by atoms with Crippen molar-refractivity contribution in [1.82, 2.24) is 0 Å². The molecule has 0 fully saturated rings. The number of methoxy groups -OCH3 is 1. The summed E-state index contributed by atoms with van der Waals surface area (Å²) in [5, 5.41) is 7.49. The van der Waals surface area contributed by atoms with Crippen molar-refractivity contribution < 1.29 is 13.9 Å². The van der Waals surface area contributed by atoms with Crippen molar-refractivity contribution in [2.75, 3.05) is 7.11 Å². The van der Waals surface area contributed by atoms with Gasteiger partial charge in [0.25, 0.3) is 0 Å². The predicted octanol–water partition coefficient (Wildman–Crippen LogP) is 3.71. The lowest BCUT2D eigenvalue weighted by Crippen LogP contribution is -2.15. The highest BCUT2D eigenvalue weighted by Crippen LogP contribution is 2.27. The second kappa shape index (κ2) is 6.82. The Hall–Kier alpha value is -2.20. The summed E-state index contributed by atoms with van der Waals surface area (Å²) in [4.78, 5) is 11.3. The van der Waals surface area contributed by atoms with Gasteiger partial charge in [0.2, 0.25) is 0 Å². The van der Waals surface area contributed by atoms with E-state index in [0.29, 0.717) is 16.7 Å². The SMILES string of the molecule is C=C/C(C(=C)c1ccc(F)cc1)=C(\Cl)C(=N)C(=O)OC. The predicted molar refractivity (Wildman–Crippen MR) is 78.3 cm³/mol. The minimum atomic E-state index is -0.860. The molecule has 0 spiro atoms. The number of hydrogen-bond acceptors (Lipinski definition) is 3. The van der Waals surface area contributed by atoms with Crippen molar-refractivity contribution in [2.24, 2.45) is 0 Å². The lowest BCUT2D eigenvalue weighted by Gasteiger charge is -2.10. The topological polar surface area (TPSA) is 50.2 Å². The third-order valence-electron chi connectivity index (χ3n) is 2.57. The van der Waals surface area contributed by atoms with Gasteiger partial charge in [-0.3, -0.25) is 5.41 Å². The Morgan fingerprint density at radius 1 is 1.40 bits per heavy atom. The molecule has 1 N–H and O–H groups in total. The van der Waals surface area contributed by atoms with Gasteiger partial charge in [-0.2, -0.15) is 0 Å². The molecule has 0 aliphatic heterocycles. The third kappa shape index (κ3) is 3.42. The molecule has 0 saturated carbocycles. The van der Waals surface area contributed by atoms with Gasteiger partial charge >= 0.3 is 5.97 Å². The molecule has 1 aromatic carbocycles. The number of carbonyl (C=O) groups is 1. The summed E-state index contributed by atoms with van der Waals surface area (Å²) >= 11 is 6.00. The fraction of sp³-hybridized carbons (Fsp3) is 0.0667. The van der Waals surface area contributed by atoms with Crippen molar-refractivity contribution in [3.8, 4) is 0 Å². The molecule has 5 heteroatoms. The number of allylic oxidation sites excluding steroid dienone is 3. The van der Waals surface area contributed by atoms with Crippen molar-refractivity contribution in [3.05, 3.63) is 65.5 Å². The van der Waals surface area contributed by atoms with E-state index in [0.717, 1.165) is 7.11 Å². The summed E-state index contributed by atoms with van der Waals surface area (Å²) < 4.78 is 17.3. The standard InChI is InChI=1S/C15H13ClFNO2/c1-4-12(13(16)14(18)15(19)20-3)9(2)10-5-7-11(17)8-6-10/h4-8,18H,1-2H2,3H3/b13-12+,18-14?. The molecule has 0 aliphatic carbocycles. The Morgan fingerprint density at radius 3 is 2.40 bits per heavy atom. The zero-order valence-electron chi connectivity index (χ0n) is 10.9. The first-order valence-electron chi connectivity index (χ1n) is 5.57. The number of nitrogens with one attached hydrogen (secondary N) is 1. The maximum atomic E-state index is 12.9. The van der Waals surface area contributed by atoms with E-state index in [1.165, 1.54) is 30.3 Å². The molecule has 0 aliphatic rings. The molecule has 20 heavy (non-hydrogen) atoms. The van der Waals surface area contributed by atoms with Gasteiger partial charge in [-0.25, -0.2) is 9.18 Å². The molecule has 104 valence electrons. The van der Waals surface area contributed by atoms with E-state index in [1.54, 1.807) is 0 Å². The smallest absolute Gasteiger partial charge is 0.357 e. The average Bonchev–Trinajstić information content (AvgIpc) is 2.46. The molecule has 1 rings (SSSR count). The minimum absolute atomic E-state index is 0.124. The van der Waals surface area contributed by atoms with Gasteiger partial charge in [0.1, 0.15) is 5.82 Å². The third-order valence-corrected chi connectivity index (χ3v) is 2.96. The Bertz CT molecular complexity index is 603. The number of esters is 1. The molecule has 0 atom stereocenters. The summed E-state index contributed by atoms with van der Waals surface area (Å²) in [7, 11) is 1.16. The number of carbonyl (C=O) groups excluding carboxylic acids is 1. The molecule has 0 amide bonds. The Balaban J connectivity index is 3.21. The van der Waals surface area contributed by atoms with Crippen molar-refractivity contribution in [1.29, 1.82) is 5.41 Å². The first kappa shape index (κ1) is 15.9. The molecule has 0 saturated heterocycles. The minimum Gasteiger partial charge on any atom is -0.464 e. The number of benzene rings is 1.